The van der Waals surface area contributed by atoms with E-state index in [1.165, 1.54) is 17.4 Å². The maximum absolute atomic E-state index is 12.6. The number of nitrogens with zero attached hydrogens (tertiary/aromatic N) is 1. The molecule has 1 aromatic carbocycles. The number of thiazole rings is 1. The van der Waals surface area contributed by atoms with Gasteiger partial charge in [-0.15, -0.1) is 11.3 Å². The Balaban J connectivity index is 2.34. The highest BCUT2D eigenvalue weighted by Gasteiger charge is 2.31. The van der Waals surface area contributed by atoms with Gasteiger partial charge in [-0.05, 0) is 32.0 Å². The average molecular weight is 307 g/mol. The Hall–Kier alpha value is -1.27. The number of halogens is 4. The predicted octanol–water partition coefficient (Wildman–Crippen LogP) is 5.18. The van der Waals surface area contributed by atoms with Gasteiger partial charge < -0.3 is 5.32 Å². The first-order valence-corrected chi connectivity index (χ1v) is 6.54. The number of anilines is 2. The summed E-state index contributed by atoms with van der Waals surface area (Å²) in [4.78, 5) is 5.21. The molecule has 0 radical (unpaired) electrons. The SMILES string of the molecule is Cc1nc(Nc2cc(C(F)(F)F)ccc2Cl)sc1C. The van der Waals surface area contributed by atoms with E-state index in [4.69, 9.17) is 11.6 Å². The van der Waals surface area contributed by atoms with Crippen LogP contribution < -0.4 is 5.32 Å². The van der Waals surface area contributed by atoms with Crippen LogP contribution in [0.3, 0.4) is 0 Å². The van der Waals surface area contributed by atoms with E-state index in [0.717, 1.165) is 22.7 Å². The van der Waals surface area contributed by atoms with Gasteiger partial charge in [0, 0.05) is 4.88 Å². The standard InChI is InChI=1S/C12H10ClF3N2S/c1-6-7(2)19-11(17-6)18-10-5-8(12(14,15)16)3-4-9(10)13/h3-5H,1-2H3,(H,17,18). The summed E-state index contributed by atoms with van der Waals surface area (Å²) in [6, 6.07) is 3.15. The van der Waals surface area contributed by atoms with Crippen molar-refractivity contribution in [2.75, 3.05) is 5.32 Å². The minimum Gasteiger partial charge on any atom is -0.330 e. The van der Waals surface area contributed by atoms with E-state index in [1.807, 2.05) is 13.8 Å². The van der Waals surface area contributed by atoms with Gasteiger partial charge in [0.05, 0.1) is 22.0 Å². The van der Waals surface area contributed by atoms with Crippen LogP contribution in [0.4, 0.5) is 24.0 Å². The van der Waals surface area contributed by atoms with Crippen molar-refractivity contribution in [3.05, 3.63) is 39.4 Å². The van der Waals surface area contributed by atoms with Crippen LogP contribution in [0.25, 0.3) is 0 Å². The Kier molecular flexibility index (Phi) is 3.73. The van der Waals surface area contributed by atoms with Gasteiger partial charge in [0.2, 0.25) is 0 Å². The van der Waals surface area contributed by atoms with Crippen molar-refractivity contribution in [3.63, 3.8) is 0 Å². The van der Waals surface area contributed by atoms with E-state index in [9.17, 15) is 13.2 Å². The molecule has 0 aliphatic carbocycles. The Morgan fingerprint density at radius 1 is 1.26 bits per heavy atom. The summed E-state index contributed by atoms with van der Waals surface area (Å²) in [7, 11) is 0. The van der Waals surface area contributed by atoms with E-state index in [-0.39, 0.29) is 10.7 Å². The zero-order chi connectivity index (χ0) is 14.2. The lowest BCUT2D eigenvalue weighted by Gasteiger charge is -2.10. The molecule has 2 nitrogen and oxygen atoms in total. The van der Waals surface area contributed by atoms with Gasteiger partial charge in [-0.2, -0.15) is 13.2 Å². The third-order valence-corrected chi connectivity index (χ3v) is 3.88. The number of hydrogen-bond acceptors (Lipinski definition) is 3. The van der Waals surface area contributed by atoms with Crippen molar-refractivity contribution < 1.29 is 13.2 Å². The molecule has 1 aromatic heterocycles. The number of aromatic nitrogens is 1. The molecule has 1 heterocycles. The van der Waals surface area contributed by atoms with Gasteiger partial charge in [0.15, 0.2) is 5.13 Å². The molecule has 0 bridgehead atoms. The van der Waals surface area contributed by atoms with Gasteiger partial charge in [-0.25, -0.2) is 4.98 Å². The molecular weight excluding hydrogens is 297 g/mol. The van der Waals surface area contributed by atoms with Crippen molar-refractivity contribution in [1.29, 1.82) is 0 Å². The third-order valence-electron chi connectivity index (χ3n) is 2.56. The molecule has 0 fully saturated rings. The van der Waals surface area contributed by atoms with Crippen LogP contribution in [-0.2, 0) is 6.18 Å². The lowest BCUT2D eigenvalue weighted by molar-refractivity contribution is -0.137. The first-order chi connectivity index (χ1) is 8.77. The van der Waals surface area contributed by atoms with Crippen molar-refractivity contribution in [2.45, 2.75) is 20.0 Å². The van der Waals surface area contributed by atoms with Gasteiger partial charge in [0.1, 0.15) is 0 Å². The van der Waals surface area contributed by atoms with Crippen molar-refractivity contribution >= 4 is 33.8 Å². The second kappa shape index (κ2) is 5.02. The minimum absolute atomic E-state index is 0.199. The summed E-state index contributed by atoms with van der Waals surface area (Å²) >= 11 is 7.26. The molecular formula is C12H10ClF3N2S. The second-order valence-electron chi connectivity index (χ2n) is 3.98. The lowest BCUT2D eigenvalue weighted by Crippen LogP contribution is -2.05. The van der Waals surface area contributed by atoms with Crippen LogP contribution in [0.15, 0.2) is 18.2 Å². The highest BCUT2D eigenvalue weighted by Crippen LogP contribution is 2.35. The summed E-state index contributed by atoms with van der Waals surface area (Å²) in [5.74, 6) is 0. The van der Waals surface area contributed by atoms with Crippen LogP contribution in [0.2, 0.25) is 5.02 Å². The molecule has 0 amide bonds. The van der Waals surface area contributed by atoms with Crippen LogP contribution in [0, 0.1) is 13.8 Å². The van der Waals surface area contributed by atoms with Crippen molar-refractivity contribution in [2.24, 2.45) is 0 Å². The minimum atomic E-state index is -4.39. The molecule has 0 unspecified atom stereocenters. The quantitative estimate of drug-likeness (QED) is 0.827. The smallest absolute Gasteiger partial charge is 0.330 e. The van der Waals surface area contributed by atoms with Crippen LogP contribution >= 0.6 is 22.9 Å². The number of hydrogen-bond donors (Lipinski definition) is 1. The molecule has 0 atom stereocenters. The highest BCUT2D eigenvalue weighted by molar-refractivity contribution is 7.15. The summed E-state index contributed by atoms with van der Waals surface area (Å²) in [5.41, 5.74) is 0.297. The zero-order valence-electron chi connectivity index (χ0n) is 10.1. The Morgan fingerprint density at radius 2 is 1.95 bits per heavy atom. The van der Waals surface area contributed by atoms with E-state index < -0.39 is 11.7 Å². The van der Waals surface area contributed by atoms with Gasteiger partial charge >= 0.3 is 6.18 Å². The van der Waals surface area contributed by atoms with Gasteiger partial charge in [0.25, 0.3) is 0 Å². The molecule has 2 rings (SSSR count). The first-order valence-electron chi connectivity index (χ1n) is 5.35. The summed E-state index contributed by atoms with van der Waals surface area (Å²) in [5, 5.41) is 3.57. The molecule has 0 aliphatic heterocycles. The first kappa shape index (κ1) is 14.1. The maximum atomic E-state index is 12.6. The fourth-order valence-electron chi connectivity index (χ4n) is 1.44. The van der Waals surface area contributed by atoms with E-state index in [0.29, 0.717) is 5.13 Å². The maximum Gasteiger partial charge on any atom is 0.416 e. The third kappa shape index (κ3) is 3.19. The lowest BCUT2D eigenvalue weighted by atomic mass is 10.2. The molecule has 19 heavy (non-hydrogen) atoms. The highest BCUT2D eigenvalue weighted by atomic mass is 35.5. The summed E-state index contributed by atoms with van der Waals surface area (Å²) in [6.45, 7) is 3.73. The largest absolute Gasteiger partial charge is 0.416 e. The number of benzene rings is 1. The molecule has 7 heteroatoms. The molecule has 0 saturated carbocycles. The van der Waals surface area contributed by atoms with Crippen LogP contribution in [0.1, 0.15) is 16.1 Å². The second-order valence-corrected chi connectivity index (χ2v) is 5.59. The van der Waals surface area contributed by atoms with Crippen LogP contribution in [0.5, 0.6) is 0 Å². The number of nitrogens with one attached hydrogen (secondary N) is 1. The fraction of sp³-hybridized carbons (Fsp3) is 0.250. The molecule has 102 valence electrons. The Morgan fingerprint density at radius 3 is 2.47 bits per heavy atom. The van der Waals surface area contributed by atoms with Crippen molar-refractivity contribution in [1.82, 2.24) is 4.98 Å². The van der Waals surface area contributed by atoms with Crippen molar-refractivity contribution in [3.8, 4) is 0 Å². The van der Waals surface area contributed by atoms with E-state index in [2.05, 4.69) is 10.3 Å². The van der Waals surface area contributed by atoms with E-state index >= 15 is 0 Å². The zero-order valence-corrected chi connectivity index (χ0v) is 11.7. The Bertz CT molecular complexity index is 588. The number of rotatable bonds is 2. The fourth-order valence-corrected chi connectivity index (χ4v) is 2.43. The number of alkyl halides is 3. The topological polar surface area (TPSA) is 24.9 Å². The summed E-state index contributed by atoms with van der Waals surface area (Å²) < 4.78 is 37.9. The molecule has 2 aromatic rings. The molecule has 0 spiro atoms. The average Bonchev–Trinajstić information content (AvgIpc) is 2.59. The number of aryl methyl sites for hydroxylation is 2. The predicted molar refractivity (Wildman–Crippen MR) is 71.3 cm³/mol. The van der Waals surface area contributed by atoms with Gasteiger partial charge in [-0.3, -0.25) is 0 Å². The monoisotopic (exact) mass is 306 g/mol. The van der Waals surface area contributed by atoms with Crippen LogP contribution in [-0.4, -0.2) is 4.98 Å². The molecule has 1 N–H and O–H groups in total. The van der Waals surface area contributed by atoms with Gasteiger partial charge in [-0.1, -0.05) is 11.6 Å². The Labute approximate surface area is 117 Å². The normalized spacial score (nSPS) is 11.7. The summed E-state index contributed by atoms with van der Waals surface area (Å²) in [6.07, 6.45) is -4.39. The molecule has 0 saturated heterocycles. The molecule has 0 aliphatic rings. The van der Waals surface area contributed by atoms with E-state index in [1.54, 1.807) is 0 Å².